The van der Waals surface area contributed by atoms with Gasteiger partial charge in [-0.1, -0.05) is 0 Å². The van der Waals surface area contributed by atoms with E-state index in [1.807, 2.05) is 19.1 Å². The number of aliphatic hydroxyl groups excluding tert-OH is 1. The summed E-state index contributed by atoms with van der Waals surface area (Å²) in [5.74, 6) is 2.28. The first-order valence-corrected chi connectivity index (χ1v) is 6.52. The third-order valence-corrected chi connectivity index (χ3v) is 3.74. The lowest BCUT2D eigenvalue weighted by molar-refractivity contribution is 0.121. The van der Waals surface area contributed by atoms with Crippen LogP contribution in [0.1, 0.15) is 43.1 Å². The normalized spacial score (nSPS) is 24.3. The van der Waals surface area contributed by atoms with Crippen molar-refractivity contribution in [2.75, 3.05) is 0 Å². The topological polar surface area (TPSA) is 62.0 Å². The van der Waals surface area contributed by atoms with Gasteiger partial charge in [0.2, 0.25) is 0 Å². The molecule has 3 rings (SSSR count). The summed E-state index contributed by atoms with van der Waals surface area (Å²) in [6, 6.07) is 3.80. The predicted molar refractivity (Wildman–Crippen MR) is 68.2 cm³/mol. The number of imidazole rings is 1. The van der Waals surface area contributed by atoms with Crippen molar-refractivity contribution < 1.29 is 9.52 Å². The summed E-state index contributed by atoms with van der Waals surface area (Å²) in [5.41, 5.74) is 1.95. The van der Waals surface area contributed by atoms with E-state index >= 15 is 0 Å². The Labute approximate surface area is 106 Å². The highest BCUT2D eigenvalue weighted by Gasteiger charge is 2.24. The van der Waals surface area contributed by atoms with Gasteiger partial charge in [-0.05, 0) is 44.7 Å². The Kier molecular flexibility index (Phi) is 2.96. The lowest BCUT2D eigenvalue weighted by atomic mass is 9.87. The molecule has 1 aliphatic carbocycles. The van der Waals surface area contributed by atoms with E-state index in [0.717, 1.165) is 48.7 Å². The first-order chi connectivity index (χ1) is 8.74. The zero-order valence-corrected chi connectivity index (χ0v) is 10.5. The molecule has 2 aromatic heterocycles. The molecule has 96 valence electrons. The molecule has 0 bridgehead atoms. The zero-order valence-electron chi connectivity index (χ0n) is 10.5. The Morgan fingerprint density at radius 3 is 2.78 bits per heavy atom. The van der Waals surface area contributed by atoms with Crippen LogP contribution in [0.4, 0.5) is 0 Å². The van der Waals surface area contributed by atoms with Crippen LogP contribution in [0.5, 0.6) is 0 Å². The fraction of sp³-hybridized carbons (Fsp3) is 0.500. The first-order valence-electron chi connectivity index (χ1n) is 6.52. The summed E-state index contributed by atoms with van der Waals surface area (Å²) in [6.07, 6.45) is 5.31. The van der Waals surface area contributed by atoms with Gasteiger partial charge in [0.25, 0.3) is 0 Å². The number of hydrogen-bond donors (Lipinski definition) is 2. The van der Waals surface area contributed by atoms with Crippen molar-refractivity contribution in [2.45, 2.75) is 44.6 Å². The van der Waals surface area contributed by atoms with Crippen LogP contribution < -0.4 is 0 Å². The number of aryl methyl sites for hydroxylation is 1. The summed E-state index contributed by atoms with van der Waals surface area (Å²) < 4.78 is 5.40. The molecule has 1 saturated carbocycles. The van der Waals surface area contributed by atoms with E-state index in [0.29, 0.717) is 5.92 Å². The number of hydrogen-bond acceptors (Lipinski definition) is 3. The maximum absolute atomic E-state index is 9.54. The average molecular weight is 246 g/mol. The molecule has 18 heavy (non-hydrogen) atoms. The summed E-state index contributed by atoms with van der Waals surface area (Å²) in [6.45, 7) is 2.02. The number of aromatic nitrogens is 2. The average Bonchev–Trinajstić information content (AvgIpc) is 2.99. The maximum atomic E-state index is 9.54. The van der Waals surface area contributed by atoms with Gasteiger partial charge in [0.1, 0.15) is 11.5 Å². The molecule has 0 aliphatic heterocycles. The Morgan fingerprint density at radius 2 is 2.11 bits per heavy atom. The lowest BCUT2D eigenvalue weighted by Gasteiger charge is -2.23. The molecule has 0 aromatic carbocycles. The van der Waals surface area contributed by atoms with Gasteiger partial charge in [-0.15, -0.1) is 0 Å². The number of nitrogens with one attached hydrogen (secondary N) is 1. The lowest BCUT2D eigenvalue weighted by Crippen LogP contribution is -2.17. The van der Waals surface area contributed by atoms with E-state index in [1.165, 1.54) is 0 Å². The maximum Gasteiger partial charge on any atom is 0.154 e. The summed E-state index contributed by atoms with van der Waals surface area (Å²) in [7, 11) is 0. The molecule has 0 unspecified atom stereocenters. The monoisotopic (exact) mass is 246 g/mol. The molecule has 2 N–H and O–H groups in total. The fourth-order valence-corrected chi connectivity index (χ4v) is 2.68. The van der Waals surface area contributed by atoms with E-state index in [1.54, 1.807) is 6.26 Å². The van der Waals surface area contributed by atoms with E-state index in [2.05, 4.69) is 9.97 Å². The number of aliphatic hydroxyl groups is 1. The third-order valence-electron chi connectivity index (χ3n) is 3.74. The second-order valence-electron chi connectivity index (χ2n) is 5.08. The number of rotatable bonds is 2. The Bertz CT molecular complexity index is 508. The van der Waals surface area contributed by atoms with Crippen molar-refractivity contribution in [1.29, 1.82) is 0 Å². The van der Waals surface area contributed by atoms with Crippen LogP contribution >= 0.6 is 0 Å². The third kappa shape index (κ3) is 2.08. The molecule has 4 heteroatoms. The minimum atomic E-state index is -0.123. The van der Waals surface area contributed by atoms with Gasteiger partial charge < -0.3 is 14.5 Å². The van der Waals surface area contributed by atoms with Gasteiger partial charge in [-0.25, -0.2) is 4.98 Å². The number of furan rings is 1. The molecule has 4 nitrogen and oxygen atoms in total. The summed E-state index contributed by atoms with van der Waals surface area (Å²) >= 11 is 0. The molecule has 1 aliphatic rings. The van der Waals surface area contributed by atoms with Crippen LogP contribution in [-0.2, 0) is 0 Å². The molecular weight excluding hydrogens is 228 g/mol. The van der Waals surface area contributed by atoms with Crippen molar-refractivity contribution >= 4 is 0 Å². The van der Waals surface area contributed by atoms with Crippen LogP contribution in [-0.4, -0.2) is 21.2 Å². The number of aromatic amines is 1. The molecule has 2 heterocycles. The van der Waals surface area contributed by atoms with Crippen LogP contribution in [0.2, 0.25) is 0 Å². The van der Waals surface area contributed by atoms with Crippen LogP contribution in [0, 0.1) is 6.92 Å². The van der Waals surface area contributed by atoms with E-state index in [4.69, 9.17) is 4.42 Å². The van der Waals surface area contributed by atoms with Gasteiger partial charge in [0.05, 0.1) is 12.4 Å². The molecule has 1 fully saturated rings. The Morgan fingerprint density at radius 1 is 1.33 bits per heavy atom. The number of nitrogens with zero attached hydrogens (tertiary/aromatic N) is 1. The van der Waals surface area contributed by atoms with Crippen molar-refractivity contribution in [2.24, 2.45) is 0 Å². The first kappa shape index (κ1) is 11.5. The Balaban J connectivity index is 1.84. The highest BCUT2D eigenvalue weighted by molar-refractivity contribution is 5.55. The van der Waals surface area contributed by atoms with Gasteiger partial charge in [0, 0.05) is 11.6 Å². The number of H-pyrrole nitrogens is 1. The van der Waals surface area contributed by atoms with Crippen molar-refractivity contribution in [3.05, 3.63) is 29.9 Å². The van der Waals surface area contributed by atoms with Gasteiger partial charge in [-0.3, -0.25) is 0 Å². The smallest absolute Gasteiger partial charge is 0.154 e. The standard InChI is InChI=1S/C14H18N2O2/c1-9-13(12-3-2-8-18-12)16-14(15-9)10-4-6-11(17)7-5-10/h2-3,8,10-11,17H,4-7H2,1H3,(H,15,16). The van der Waals surface area contributed by atoms with E-state index in [-0.39, 0.29) is 6.10 Å². The quantitative estimate of drug-likeness (QED) is 0.856. The van der Waals surface area contributed by atoms with Crippen LogP contribution in [0.3, 0.4) is 0 Å². The van der Waals surface area contributed by atoms with Gasteiger partial charge in [0.15, 0.2) is 5.76 Å². The Hall–Kier alpha value is -1.55. The molecular formula is C14H18N2O2. The minimum Gasteiger partial charge on any atom is -0.463 e. The minimum absolute atomic E-state index is 0.123. The van der Waals surface area contributed by atoms with Crippen molar-refractivity contribution in [3.8, 4) is 11.5 Å². The largest absolute Gasteiger partial charge is 0.463 e. The highest BCUT2D eigenvalue weighted by atomic mass is 16.3. The molecule has 0 amide bonds. The highest BCUT2D eigenvalue weighted by Crippen LogP contribution is 2.33. The van der Waals surface area contributed by atoms with Gasteiger partial charge >= 0.3 is 0 Å². The van der Waals surface area contributed by atoms with E-state index < -0.39 is 0 Å². The van der Waals surface area contributed by atoms with Gasteiger partial charge in [-0.2, -0.15) is 0 Å². The van der Waals surface area contributed by atoms with E-state index in [9.17, 15) is 5.11 Å². The molecule has 0 saturated heterocycles. The second kappa shape index (κ2) is 4.61. The van der Waals surface area contributed by atoms with Crippen molar-refractivity contribution in [1.82, 2.24) is 9.97 Å². The predicted octanol–water partition coefficient (Wildman–Crippen LogP) is 3.00. The SMILES string of the molecule is Cc1[nH]c(C2CCC(O)CC2)nc1-c1ccco1. The second-order valence-corrected chi connectivity index (χ2v) is 5.08. The van der Waals surface area contributed by atoms with Crippen molar-refractivity contribution in [3.63, 3.8) is 0 Å². The summed E-state index contributed by atoms with van der Waals surface area (Å²) in [4.78, 5) is 8.03. The van der Waals surface area contributed by atoms with Crippen LogP contribution in [0.25, 0.3) is 11.5 Å². The zero-order chi connectivity index (χ0) is 12.5. The fourth-order valence-electron chi connectivity index (χ4n) is 2.68. The molecule has 2 aromatic rings. The van der Waals surface area contributed by atoms with Crippen LogP contribution in [0.15, 0.2) is 22.8 Å². The molecule has 0 atom stereocenters. The molecule has 0 radical (unpaired) electrons. The summed E-state index contributed by atoms with van der Waals surface area (Å²) in [5, 5.41) is 9.54. The molecule has 0 spiro atoms.